The summed E-state index contributed by atoms with van der Waals surface area (Å²) in [5.41, 5.74) is 10.3. The smallest absolute Gasteiger partial charge is 0.410 e. The lowest BCUT2D eigenvalue weighted by Gasteiger charge is -2.07. The van der Waals surface area contributed by atoms with Gasteiger partial charge in [-0.15, -0.1) is 0 Å². The largest absolute Gasteiger partial charge is 0.457 e. The zero-order chi connectivity index (χ0) is 13.8. The predicted octanol–water partition coefficient (Wildman–Crippen LogP) is 2.05. The van der Waals surface area contributed by atoms with Crippen LogP contribution in [0.4, 0.5) is 15.0 Å². The van der Waals surface area contributed by atoms with Gasteiger partial charge in [-0.2, -0.15) is 0 Å². The van der Waals surface area contributed by atoms with Gasteiger partial charge in [0.15, 0.2) is 11.6 Å². The number of aromatic nitrogens is 1. The third-order valence-electron chi connectivity index (χ3n) is 2.10. The molecule has 98 valence electrons. The van der Waals surface area contributed by atoms with Gasteiger partial charge in [0.2, 0.25) is 0 Å². The lowest BCUT2D eigenvalue weighted by molar-refractivity contribution is 0.208. The molecule has 0 aliphatic heterocycles. The fraction of sp³-hybridized carbons (Fsp3) is 0. The zero-order valence-corrected chi connectivity index (χ0v) is 9.67. The topological polar surface area (TPSA) is 100 Å². The Morgan fingerprint density at radius 1 is 1.21 bits per heavy atom. The Balaban J connectivity index is 2.18. The molecule has 6 nitrogen and oxygen atoms in total. The Morgan fingerprint density at radius 2 is 1.95 bits per heavy atom. The van der Waals surface area contributed by atoms with Crippen LogP contribution < -0.4 is 20.9 Å². The van der Waals surface area contributed by atoms with Crippen LogP contribution in [0.2, 0.25) is 0 Å². The molecular weight excluding hydrogens is 253 g/mol. The highest BCUT2D eigenvalue weighted by atomic mass is 19.1. The van der Waals surface area contributed by atoms with Crippen LogP contribution in [-0.4, -0.2) is 11.1 Å². The van der Waals surface area contributed by atoms with Gasteiger partial charge in [-0.05, 0) is 18.2 Å². The lowest BCUT2D eigenvalue weighted by Crippen LogP contribution is -2.16. The van der Waals surface area contributed by atoms with Gasteiger partial charge in [0, 0.05) is 18.3 Å². The predicted molar refractivity (Wildman–Crippen MR) is 65.3 cm³/mol. The van der Waals surface area contributed by atoms with Crippen molar-refractivity contribution in [2.45, 2.75) is 0 Å². The van der Waals surface area contributed by atoms with Crippen molar-refractivity contribution in [2.75, 3.05) is 5.73 Å². The summed E-state index contributed by atoms with van der Waals surface area (Å²) in [6.07, 6.45) is 0.375. The molecule has 2 rings (SSSR count). The second kappa shape index (κ2) is 5.21. The summed E-state index contributed by atoms with van der Waals surface area (Å²) in [7, 11) is 0. The molecular formula is C12H10FN3O3. The minimum atomic E-state index is -1.09. The highest BCUT2D eigenvalue weighted by molar-refractivity contribution is 5.68. The van der Waals surface area contributed by atoms with Crippen LogP contribution in [0.5, 0.6) is 17.2 Å². The Hall–Kier alpha value is -2.83. The fourth-order valence-corrected chi connectivity index (χ4v) is 1.36. The van der Waals surface area contributed by atoms with Gasteiger partial charge in [0.05, 0.1) is 0 Å². The van der Waals surface area contributed by atoms with Crippen molar-refractivity contribution in [3.05, 3.63) is 42.3 Å². The summed E-state index contributed by atoms with van der Waals surface area (Å²) in [6.45, 7) is 0. The average Bonchev–Trinajstić information content (AvgIpc) is 2.32. The van der Waals surface area contributed by atoms with Gasteiger partial charge < -0.3 is 20.9 Å². The molecule has 2 aromatic rings. The van der Waals surface area contributed by atoms with E-state index in [0.29, 0.717) is 5.75 Å². The van der Waals surface area contributed by atoms with Crippen molar-refractivity contribution in [2.24, 2.45) is 5.73 Å². The molecule has 7 heteroatoms. The molecule has 0 aliphatic carbocycles. The number of primary amides is 1. The molecule has 4 N–H and O–H groups in total. The van der Waals surface area contributed by atoms with E-state index in [1.165, 1.54) is 24.4 Å². The maximum atomic E-state index is 13.5. The first kappa shape index (κ1) is 12.6. The van der Waals surface area contributed by atoms with Gasteiger partial charge in [-0.1, -0.05) is 0 Å². The lowest BCUT2D eigenvalue weighted by atomic mass is 10.3. The van der Waals surface area contributed by atoms with E-state index >= 15 is 0 Å². The minimum Gasteiger partial charge on any atom is -0.457 e. The average molecular weight is 263 g/mol. The van der Waals surface area contributed by atoms with Crippen molar-refractivity contribution in [3.63, 3.8) is 0 Å². The molecule has 0 spiro atoms. The summed E-state index contributed by atoms with van der Waals surface area (Å²) in [6, 6.07) is 6.79. The van der Waals surface area contributed by atoms with Crippen molar-refractivity contribution in [1.82, 2.24) is 4.98 Å². The first-order chi connectivity index (χ1) is 9.04. The quantitative estimate of drug-likeness (QED) is 0.882. The molecule has 1 aromatic carbocycles. The highest BCUT2D eigenvalue weighted by Crippen LogP contribution is 2.27. The maximum Gasteiger partial charge on any atom is 0.410 e. The number of halogens is 1. The van der Waals surface area contributed by atoms with Crippen molar-refractivity contribution < 1.29 is 18.7 Å². The molecule has 1 aromatic heterocycles. The normalized spacial score (nSPS) is 9.95. The molecule has 1 heterocycles. The molecule has 0 aliphatic rings. The number of carbonyl (C=O) groups excluding carboxylic acids is 1. The van der Waals surface area contributed by atoms with E-state index in [-0.39, 0.29) is 17.3 Å². The SMILES string of the molecule is NC(=O)Oc1ccc(Oc2ccnc(N)c2)cc1F. The van der Waals surface area contributed by atoms with Gasteiger partial charge in [0.25, 0.3) is 0 Å². The summed E-state index contributed by atoms with van der Waals surface area (Å²) in [5.74, 6) is -0.116. The van der Waals surface area contributed by atoms with Crippen LogP contribution in [0.1, 0.15) is 0 Å². The van der Waals surface area contributed by atoms with E-state index in [1.807, 2.05) is 0 Å². The number of hydrogen-bond donors (Lipinski definition) is 2. The summed E-state index contributed by atoms with van der Waals surface area (Å²) in [5, 5.41) is 0. The molecule has 19 heavy (non-hydrogen) atoms. The van der Waals surface area contributed by atoms with E-state index < -0.39 is 11.9 Å². The van der Waals surface area contributed by atoms with E-state index in [2.05, 4.69) is 9.72 Å². The monoisotopic (exact) mass is 263 g/mol. The molecule has 1 amide bonds. The van der Waals surface area contributed by atoms with Gasteiger partial charge in [-0.3, -0.25) is 0 Å². The first-order valence-electron chi connectivity index (χ1n) is 5.21. The van der Waals surface area contributed by atoms with Crippen LogP contribution in [0.25, 0.3) is 0 Å². The second-order valence-corrected chi connectivity index (χ2v) is 3.53. The van der Waals surface area contributed by atoms with E-state index in [0.717, 1.165) is 6.07 Å². The number of pyridine rings is 1. The first-order valence-corrected chi connectivity index (χ1v) is 5.21. The Labute approximate surface area is 107 Å². The summed E-state index contributed by atoms with van der Waals surface area (Å²) >= 11 is 0. The number of hydrogen-bond acceptors (Lipinski definition) is 5. The van der Waals surface area contributed by atoms with E-state index in [9.17, 15) is 9.18 Å². The maximum absolute atomic E-state index is 13.5. The molecule has 0 fully saturated rings. The number of nitrogens with two attached hydrogens (primary N) is 2. The fourth-order valence-electron chi connectivity index (χ4n) is 1.36. The number of benzene rings is 1. The Bertz CT molecular complexity index is 619. The zero-order valence-electron chi connectivity index (χ0n) is 9.67. The van der Waals surface area contributed by atoms with Crippen LogP contribution in [0.15, 0.2) is 36.5 Å². The number of amides is 1. The standard InChI is InChI=1S/C12H10FN3O3/c13-9-5-7(1-2-10(9)19-12(15)17)18-8-3-4-16-11(14)6-8/h1-6H,(H2,14,16)(H2,15,17). The summed E-state index contributed by atoms with van der Waals surface area (Å²) < 4.78 is 23.4. The van der Waals surface area contributed by atoms with Crippen molar-refractivity contribution in [1.29, 1.82) is 0 Å². The minimum absolute atomic E-state index is 0.222. The van der Waals surface area contributed by atoms with Crippen molar-refractivity contribution in [3.8, 4) is 17.2 Å². The number of anilines is 1. The second-order valence-electron chi connectivity index (χ2n) is 3.53. The molecule has 0 atom stereocenters. The molecule has 0 saturated carbocycles. The van der Waals surface area contributed by atoms with Crippen LogP contribution in [0.3, 0.4) is 0 Å². The molecule has 0 radical (unpaired) electrons. The Morgan fingerprint density at radius 3 is 2.58 bits per heavy atom. The number of ether oxygens (including phenoxy) is 2. The van der Waals surface area contributed by atoms with Gasteiger partial charge in [-0.25, -0.2) is 14.2 Å². The third-order valence-corrected chi connectivity index (χ3v) is 2.10. The van der Waals surface area contributed by atoms with Crippen LogP contribution in [-0.2, 0) is 0 Å². The summed E-state index contributed by atoms with van der Waals surface area (Å²) in [4.78, 5) is 14.3. The highest BCUT2D eigenvalue weighted by Gasteiger charge is 2.08. The van der Waals surface area contributed by atoms with Crippen LogP contribution in [0, 0.1) is 5.82 Å². The number of rotatable bonds is 3. The molecule has 0 unspecified atom stereocenters. The number of carbonyl (C=O) groups is 1. The number of nitrogen functional groups attached to an aromatic ring is 1. The van der Waals surface area contributed by atoms with E-state index in [4.69, 9.17) is 16.2 Å². The molecule has 0 saturated heterocycles. The van der Waals surface area contributed by atoms with Gasteiger partial charge >= 0.3 is 6.09 Å². The van der Waals surface area contributed by atoms with Crippen molar-refractivity contribution >= 4 is 11.9 Å². The van der Waals surface area contributed by atoms with Gasteiger partial charge in [0.1, 0.15) is 17.3 Å². The van der Waals surface area contributed by atoms with E-state index in [1.54, 1.807) is 6.07 Å². The van der Waals surface area contributed by atoms with Crippen LogP contribution >= 0.6 is 0 Å². The molecule has 0 bridgehead atoms. The Kier molecular flexibility index (Phi) is 3.46. The third kappa shape index (κ3) is 3.32. The number of nitrogens with zero attached hydrogens (tertiary/aromatic N) is 1.